The summed E-state index contributed by atoms with van der Waals surface area (Å²) in [5, 5.41) is 22.3. The van der Waals surface area contributed by atoms with Gasteiger partial charge in [-0.25, -0.2) is 0 Å². The van der Waals surface area contributed by atoms with Gasteiger partial charge in [0.25, 0.3) is 0 Å². The summed E-state index contributed by atoms with van der Waals surface area (Å²) in [6.07, 6.45) is -0.457. The number of likely N-dealkylation sites (N-methyl/N-ethyl adjacent to an activating group) is 1. The molecule has 0 amide bonds. The lowest BCUT2D eigenvalue weighted by Gasteiger charge is -2.26. The van der Waals surface area contributed by atoms with Crippen LogP contribution in [0, 0.1) is 11.3 Å². The molecule has 2 N–H and O–H groups in total. The van der Waals surface area contributed by atoms with Crippen molar-refractivity contribution < 1.29 is 5.11 Å². The highest BCUT2D eigenvalue weighted by Gasteiger charge is 2.44. The second-order valence-corrected chi connectivity index (χ2v) is 4.85. The zero-order valence-electron chi connectivity index (χ0n) is 9.78. The number of benzene rings is 1. The maximum absolute atomic E-state index is 10.3. The molecular formula is C13H16N2O. The van der Waals surface area contributed by atoms with E-state index in [4.69, 9.17) is 5.26 Å². The molecule has 0 heterocycles. The van der Waals surface area contributed by atoms with Crippen LogP contribution in [0.25, 0.3) is 0 Å². The third-order valence-electron chi connectivity index (χ3n) is 3.58. The Hall–Kier alpha value is -1.37. The molecular weight excluding hydrogens is 200 g/mol. The lowest BCUT2D eigenvalue weighted by Crippen LogP contribution is -2.35. The van der Waals surface area contributed by atoms with Crippen molar-refractivity contribution in [1.82, 2.24) is 5.32 Å². The number of nitrogens with one attached hydrogen (secondary N) is 1. The molecule has 0 aliphatic heterocycles. The molecule has 3 heteroatoms. The molecule has 0 radical (unpaired) electrons. The van der Waals surface area contributed by atoms with Crippen LogP contribution in [-0.2, 0) is 5.41 Å². The van der Waals surface area contributed by atoms with Crippen molar-refractivity contribution in [2.75, 3.05) is 7.05 Å². The zero-order valence-corrected chi connectivity index (χ0v) is 9.78. The van der Waals surface area contributed by atoms with Crippen molar-refractivity contribution in [2.45, 2.75) is 31.4 Å². The van der Waals surface area contributed by atoms with E-state index in [1.165, 1.54) is 0 Å². The second kappa shape index (κ2) is 3.58. The number of aliphatic hydroxyl groups excluding tert-OH is 1. The average molecular weight is 216 g/mol. The summed E-state index contributed by atoms with van der Waals surface area (Å²) >= 11 is 0. The number of nitriles is 1. The Labute approximate surface area is 95.7 Å². The number of fused-ring (bicyclic) bond motifs is 1. The van der Waals surface area contributed by atoms with E-state index in [0.29, 0.717) is 5.56 Å². The molecule has 0 saturated heterocycles. The van der Waals surface area contributed by atoms with Crippen LogP contribution in [0.4, 0.5) is 0 Å². The van der Waals surface area contributed by atoms with Crippen LogP contribution < -0.4 is 5.32 Å². The Morgan fingerprint density at radius 3 is 2.69 bits per heavy atom. The van der Waals surface area contributed by atoms with Gasteiger partial charge in [-0.1, -0.05) is 19.9 Å². The fourth-order valence-corrected chi connectivity index (χ4v) is 2.54. The first kappa shape index (κ1) is 11.1. The van der Waals surface area contributed by atoms with Gasteiger partial charge in [0.1, 0.15) is 0 Å². The third kappa shape index (κ3) is 1.35. The molecule has 0 bridgehead atoms. The minimum absolute atomic E-state index is 0.0849. The van der Waals surface area contributed by atoms with Gasteiger partial charge >= 0.3 is 0 Å². The maximum Gasteiger partial charge on any atom is 0.0991 e. The lowest BCUT2D eigenvalue weighted by molar-refractivity contribution is 0.0819. The van der Waals surface area contributed by atoms with Crippen LogP contribution in [0.3, 0.4) is 0 Å². The first-order valence-corrected chi connectivity index (χ1v) is 5.42. The smallest absolute Gasteiger partial charge is 0.0991 e. The molecule has 0 unspecified atom stereocenters. The summed E-state index contributed by atoms with van der Waals surface area (Å²) in [6.45, 7) is 4.06. The van der Waals surface area contributed by atoms with E-state index in [-0.39, 0.29) is 11.5 Å². The van der Waals surface area contributed by atoms with Crippen LogP contribution in [0.5, 0.6) is 0 Å². The number of aliphatic hydroxyl groups is 1. The Morgan fingerprint density at radius 1 is 1.44 bits per heavy atom. The monoisotopic (exact) mass is 216 g/mol. The highest BCUT2D eigenvalue weighted by molar-refractivity contribution is 5.48. The van der Waals surface area contributed by atoms with Gasteiger partial charge < -0.3 is 10.4 Å². The fourth-order valence-electron chi connectivity index (χ4n) is 2.54. The van der Waals surface area contributed by atoms with Crippen LogP contribution in [0.1, 0.15) is 36.6 Å². The zero-order chi connectivity index (χ0) is 11.9. The van der Waals surface area contributed by atoms with Gasteiger partial charge in [-0.15, -0.1) is 0 Å². The predicted octanol–water partition coefficient (Wildman–Crippen LogP) is 1.47. The maximum atomic E-state index is 10.3. The van der Waals surface area contributed by atoms with Gasteiger partial charge in [-0.3, -0.25) is 0 Å². The fraction of sp³-hybridized carbons (Fsp3) is 0.462. The van der Waals surface area contributed by atoms with Gasteiger partial charge in [0, 0.05) is 5.41 Å². The summed E-state index contributed by atoms with van der Waals surface area (Å²) in [5.74, 6) is 0. The van der Waals surface area contributed by atoms with Gasteiger partial charge in [-0.05, 0) is 30.3 Å². The van der Waals surface area contributed by atoms with Gasteiger partial charge in [-0.2, -0.15) is 5.26 Å². The average Bonchev–Trinajstić information content (AvgIpc) is 2.47. The molecule has 2 atom stereocenters. The molecule has 2 rings (SSSR count). The largest absolute Gasteiger partial charge is 0.390 e. The van der Waals surface area contributed by atoms with Crippen molar-refractivity contribution in [3.05, 3.63) is 34.9 Å². The number of nitrogens with zero attached hydrogens (tertiary/aromatic N) is 1. The topological polar surface area (TPSA) is 56.0 Å². The molecule has 1 aliphatic carbocycles. The van der Waals surface area contributed by atoms with E-state index in [9.17, 15) is 5.11 Å². The van der Waals surface area contributed by atoms with Crippen LogP contribution in [0.15, 0.2) is 18.2 Å². The normalized spacial score (nSPS) is 26.2. The SMILES string of the molecule is CN[C@H]1c2cc(C#N)ccc2C(C)(C)[C@@H]1O. The number of hydrogen-bond donors (Lipinski definition) is 2. The molecule has 16 heavy (non-hydrogen) atoms. The summed E-state index contributed by atoms with van der Waals surface area (Å²) in [7, 11) is 1.83. The minimum atomic E-state index is -0.457. The summed E-state index contributed by atoms with van der Waals surface area (Å²) in [6, 6.07) is 7.68. The van der Waals surface area contributed by atoms with E-state index in [1.54, 1.807) is 0 Å². The predicted molar refractivity (Wildman–Crippen MR) is 62.0 cm³/mol. The minimum Gasteiger partial charge on any atom is -0.390 e. The third-order valence-corrected chi connectivity index (χ3v) is 3.58. The van der Waals surface area contributed by atoms with Crippen molar-refractivity contribution in [3.8, 4) is 6.07 Å². The Morgan fingerprint density at radius 2 is 2.12 bits per heavy atom. The molecule has 84 valence electrons. The highest BCUT2D eigenvalue weighted by Crippen LogP contribution is 2.44. The van der Waals surface area contributed by atoms with Crippen LogP contribution in [0.2, 0.25) is 0 Å². The molecule has 0 fully saturated rings. The lowest BCUT2D eigenvalue weighted by atomic mass is 9.84. The summed E-state index contributed by atoms with van der Waals surface area (Å²) < 4.78 is 0. The molecule has 1 aromatic rings. The van der Waals surface area contributed by atoms with Gasteiger partial charge in [0.15, 0.2) is 0 Å². The Kier molecular flexibility index (Phi) is 2.49. The second-order valence-electron chi connectivity index (χ2n) is 4.85. The van der Waals surface area contributed by atoms with Crippen LogP contribution >= 0.6 is 0 Å². The van der Waals surface area contributed by atoms with Crippen molar-refractivity contribution in [1.29, 1.82) is 5.26 Å². The molecule has 0 spiro atoms. The van der Waals surface area contributed by atoms with E-state index < -0.39 is 6.10 Å². The number of hydrogen-bond acceptors (Lipinski definition) is 3. The summed E-state index contributed by atoms with van der Waals surface area (Å²) in [4.78, 5) is 0. The Balaban J connectivity index is 2.61. The first-order valence-electron chi connectivity index (χ1n) is 5.42. The molecule has 1 aliphatic rings. The summed E-state index contributed by atoms with van der Waals surface area (Å²) in [5.41, 5.74) is 2.54. The Bertz CT molecular complexity index is 459. The molecule has 3 nitrogen and oxygen atoms in total. The molecule has 0 aromatic heterocycles. The van der Waals surface area contributed by atoms with Crippen molar-refractivity contribution in [2.24, 2.45) is 0 Å². The molecule has 0 saturated carbocycles. The van der Waals surface area contributed by atoms with E-state index in [2.05, 4.69) is 11.4 Å². The van der Waals surface area contributed by atoms with E-state index in [1.807, 2.05) is 39.1 Å². The van der Waals surface area contributed by atoms with Crippen LogP contribution in [-0.4, -0.2) is 18.3 Å². The quantitative estimate of drug-likeness (QED) is 0.747. The molecule has 1 aromatic carbocycles. The van der Waals surface area contributed by atoms with E-state index in [0.717, 1.165) is 11.1 Å². The van der Waals surface area contributed by atoms with Gasteiger partial charge in [0.2, 0.25) is 0 Å². The number of rotatable bonds is 1. The van der Waals surface area contributed by atoms with Gasteiger partial charge in [0.05, 0.1) is 23.8 Å². The first-order chi connectivity index (χ1) is 7.52. The standard InChI is InChI=1S/C13H16N2O/c1-13(2)10-5-4-8(7-14)6-9(10)11(15-3)12(13)16/h4-6,11-12,15-16H,1-3H3/t11-,12+/m0/s1. The van der Waals surface area contributed by atoms with Crippen molar-refractivity contribution >= 4 is 0 Å². The van der Waals surface area contributed by atoms with Crippen molar-refractivity contribution in [3.63, 3.8) is 0 Å². The van der Waals surface area contributed by atoms with E-state index >= 15 is 0 Å². The highest BCUT2D eigenvalue weighted by atomic mass is 16.3.